The molecule has 0 aliphatic carbocycles. The topological polar surface area (TPSA) is 58.4 Å². The van der Waals surface area contributed by atoms with Crippen LogP contribution in [0.1, 0.15) is 46.0 Å². The van der Waals surface area contributed by atoms with E-state index in [1.807, 2.05) is 6.92 Å². The van der Waals surface area contributed by atoms with Crippen LogP contribution in [0.3, 0.4) is 0 Å². The van der Waals surface area contributed by atoms with Crippen molar-refractivity contribution >= 4 is 5.91 Å². The van der Waals surface area contributed by atoms with Gasteiger partial charge >= 0.3 is 0 Å². The van der Waals surface area contributed by atoms with E-state index in [0.29, 0.717) is 12.5 Å². The van der Waals surface area contributed by atoms with Crippen LogP contribution in [0.15, 0.2) is 0 Å². The predicted octanol–water partition coefficient (Wildman–Crippen LogP) is 1.10. The van der Waals surface area contributed by atoms with Gasteiger partial charge in [0.2, 0.25) is 5.91 Å². The third-order valence-corrected chi connectivity index (χ3v) is 3.64. The summed E-state index contributed by atoms with van der Waals surface area (Å²) in [6, 6.07) is 0.362. The van der Waals surface area contributed by atoms with E-state index in [9.17, 15) is 4.79 Å². The van der Waals surface area contributed by atoms with Gasteiger partial charge in [0.25, 0.3) is 0 Å². The summed E-state index contributed by atoms with van der Waals surface area (Å²) < 4.78 is 0. The van der Waals surface area contributed by atoms with Crippen molar-refractivity contribution in [3.05, 3.63) is 0 Å². The Kier molecular flexibility index (Phi) is 6.52. The first-order valence-corrected chi connectivity index (χ1v) is 6.92. The molecule has 0 saturated carbocycles. The first-order chi connectivity index (χ1) is 8.15. The first kappa shape index (κ1) is 14.5. The van der Waals surface area contributed by atoms with Gasteiger partial charge in [-0.2, -0.15) is 0 Å². The lowest BCUT2D eigenvalue weighted by Gasteiger charge is -2.33. The van der Waals surface area contributed by atoms with E-state index >= 15 is 0 Å². The molecule has 0 radical (unpaired) electrons. The minimum absolute atomic E-state index is 0.0146. The zero-order valence-electron chi connectivity index (χ0n) is 11.2. The molecule has 0 bridgehead atoms. The number of nitrogens with zero attached hydrogens (tertiary/aromatic N) is 1. The Balaban J connectivity index is 2.09. The van der Waals surface area contributed by atoms with Gasteiger partial charge < -0.3 is 16.0 Å². The van der Waals surface area contributed by atoms with Gasteiger partial charge in [0.1, 0.15) is 0 Å². The molecular formula is C13H27N3O. The normalized spacial score (nSPS) is 23.4. The first-order valence-electron chi connectivity index (χ1n) is 6.92. The lowest BCUT2D eigenvalue weighted by molar-refractivity contribution is -0.122. The van der Waals surface area contributed by atoms with E-state index in [4.69, 9.17) is 5.73 Å². The summed E-state index contributed by atoms with van der Waals surface area (Å²) in [4.78, 5) is 14.0. The van der Waals surface area contributed by atoms with Crippen LogP contribution in [-0.2, 0) is 4.79 Å². The van der Waals surface area contributed by atoms with Crippen molar-refractivity contribution in [1.82, 2.24) is 10.2 Å². The number of hydrogen-bond donors (Lipinski definition) is 2. The molecule has 1 aliphatic heterocycles. The maximum Gasteiger partial charge on any atom is 0.236 e. The third-order valence-electron chi connectivity index (χ3n) is 3.64. The Morgan fingerprint density at radius 1 is 1.53 bits per heavy atom. The van der Waals surface area contributed by atoms with E-state index in [1.54, 1.807) is 0 Å². The van der Waals surface area contributed by atoms with Crippen molar-refractivity contribution in [2.45, 2.75) is 58.0 Å². The van der Waals surface area contributed by atoms with Crippen LogP contribution in [0.4, 0.5) is 0 Å². The molecule has 100 valence electrons. The zero-order valence-corrected chi connectivity index (χ0v) is 11.2. The Morgan fingerprint density at radius 3 is 2.94 bits per heavy atom. The van der Waals surface area contributed by atoms with Gasteiger partial charge in [-0.3, -0.25) is 4.79 Å². The van der Waals surface area contributed by atoms with E-state index in [-0.39, 0.29) is 11.9 Å². The predicted molar refractivity (Wildman–Crippen MR) is 70.8 cm³/mol. The zero-order chi connectivity index (χ0) is 12.7. The number of likely N-dealkylation sites (tertiary alicyclic amines) is 1. The summed E-state index contributed by atoms with van der Waals surface area (Å²) in [5.74, 6) is -0.0146. The number of carbonyl (C=O) groups excluding carboxylic acids is 1. The Labute approximate surface area is 105 Å². The molecule has 4 heteroatoms. The highest BCUT2D eigenvalue weighted by molar-refractivity contribution is 5.81. The van der Waals surface area contributed by atoms with Gasteiger partial charge in [0, 0.05) is 19.1 Å². The fourth-order valence-corrected chi connectivity index (χ4v) is 2.30. The minimum atomic E-state index is -0.344. The number of nitrogens with two attached hydrogens (primary N) is 1. The van der Waals surface area contributed by atoms with Crippen LogP contribution < -0.4 is 11.1 Å². The van der Waals surface area contributed by atoms with Crippen LogP contribution in [0.2, 0.25) is 0 Å². The molecule has 3 N–H and O–H groups in total. The van der Waals surface area contributed by atoms with Gasteiger partial charge in [0.15, 0.2) is 0 Å². The maximum absolute atomic E-state index is 11.4. The Morgan fingerprint density at radius 2 is 2.29 bits per heavy atom. The number of hydrogen-bond acceptors (Lipinski definition) is 3. The number of amides is 1. The maximum atomic E-state index is 11.4. The second kappa shape index (κ2) is 7.67. The van der Waals surface area contributed by atoms with Crippen molar-refractivity contribution in [2.75, 3.05) is 19.6 Å². The summed E-state index contributed by atoms with van der Waals surface area (Å²) in [6.07, 6.45) is 5.71. The molecule has 0 aromatic heterocycles. The number of carbonyl (C=O) groups is 1. The molecule has 1 saturated heterocycles. The van der Waals surface area contributed by atoms with E-state index < -0.39 is 0 Å². The molecule has 4 nitrogen and oxygen atoms in total. The third kappa shape index (κ3) is 5.04. The smallest absolute Gasteiger partial charge is 0.236 e. The quantitative estimate of drug-likeness (QED) is 0.685. The second-order valence-corrected chi connectivity index (χ2v) is 5.04. The molecule has 0 aromatic carbocycles. The molecule has 17 heavy (non-hydrogen) atoms. The standard InChI is InChI=1S/C13H27N3O/c1-3-12(14)13(17)15-8-6-10-16-9-5-4-7-11(16)2/h11-12H,3-10,14H2,1-2H3,(H,15,17). The van der Waals surface area contributed by atoms with Gasteiger partial charge in [-0.1, -0.05) is 13.3 Å². The largest absolute Gasteiger partial charge is 0.355 e. The molecule has 1 fully saturated rings. The summed E-state index contributed by atoms with van der Waals surface area (Å²) in [7, 11) is 0. The highest BCUT2D eigenvalue weighted by Crippen LogP contribution is 2.15. The van der Waals surface area contributed by atoms with Gasteiger partial charge in [-0.05, 0) is 39.2 Å². The highest BCUT2D eigenvalue weighted by Gasteiger charge is 2.17. The summed E-state index contributed by atoms with van der Waals surface area (Å²) in [6.45, 7) is 7.27. The Bertz CT molecular complexity index is 233. The fraction of sp³-hybridized carbons (Fsp3) is 0.923. The van der Waals surface area contributed by atoms with Crippen molar-refractivity contribution in [3.63, 3.8) is 0 Å². The van der Waals surface area contributed by atoms with E-state index in [0.717, 1.165) is 19.5 Å². The van der Waals surface area contributed by atoms with Crippen LogP contribution in [0.25, 0.3) is 0 Å². The van der Waals surface area contributed by atoms with E-state index in [1.165, 1.54) is 25.8 Å². The van der Waals surface area contributed by atoms with Crippen molar-refractivity contribution in [1.29, 1.82) is 0 Å². The molecule has 1 rings (SSSR count). The number of rotatable bonds is 6. The Hall–Kier alpha value is -0.610. The molecule has 1 amide bonds. The minimum Gasteiger partial charge on any atom is -0.355 e. The van der Waals surface area contributed by atoms with Gasteiger partial charge in [-0.25, -0.2) is 0 Å². The molecule has 0 aromatic rings. The molecule has 2 atom stereocenters. The molecule has 0 spiro atoms. The van der Waals surface area contributed by atoms with Gasteiger partial charge in [-0.15, -0.1) is 0 Å². The lowest BCUT2D eigenvalue weighted by atomic mass is 10.0. The van der Waals surface area contributed by atoms with E-state index in [2.05, 4.69) is 17.1 Å². The monoisotopic (exact) mass is 241 g/mol. The van der Waals surface area contributed by atoms with Crippen LogP contribution in [0.5, 0.6) is 0 Å². The SMILES string of the molecule is CCC(N)C(=O)NCCCN1CCCCC1C. The molecule has 2 unspecified atom stereocenters. The lowest BCUT2D eigenvalue weighted by Crippen LogP contribution is -2.42. The molecule has 1 aliphatic rings. The average molecular weight is 241 g/mol. The van der Waals surface area contributed by atoms with Crippen molar-refractivity contribution in [2.24, 2.45) is 5.73 Å². The second-order valence-electron chi connectivity index (χ2n) is 5.04. The number of piperidine rings is 1. The summed E-state index contributed by atoms with van der Waals surface area (Å²) in [5, 5.41) is 2.90. The molecular weight excluding hydrogens is 214 g/mol. The summed E-state index contributed by atoms with van der Waals surface area (Å²) in [5.41, 5.74) is 5.64. The van der Waals surface area contributed by atoms with Gasteiger partial charge in [0.05, 0.1) is 6.04 Å². The summed E-state index contributed by atoms with van der Waals surface area (Å²) >= 11 is 0. The van der Waals surface area contributed by atoms with Crippen molar-refractivity contribution in [3.8, 4) is 0 Å². The van der Waals surface area contributed by atoms with Crippen LogP contribution in [0, 0.1) is 0 Å². The van der Waals surface area contributed by atoms with Crippen LogP contribution in [-0.4, -0.2) is 42.5 Å². The fourth-order valence-electron chi connectivity index (χ4n) is 2.30. The number of nitrogens with one attached hydrogen (secondary N) is 1. The highest BCUT2D eigenvalue weighted by atomic mass is 16.2. The average Bonchev–Trinajstić information content (AvgIpc) is 2.35. The van der Waals surface area contributed by atoms with Crippen LogP contribution >= 0.6 is 0 Å². The molecule has 1 heterocycles. The van der Waals surface area contributed by atoms with Crippen molar-refractivity contribution < 1.29 is 4.79 Å².